The molecular weight excluding hydrogens is 230 g/mol. The van der Waals surface area contributed by atoms with E-state index in [1.807, 2.05) is 0 Å². The first-order valence-corrected chi connectivity index (χ1v) is 6.70. The minimum atomic E-state index is -0.750. The summed E-state index contributed by atoms with van der Waals surface area (Å²) in [4.78, 5) is 22.3. The molecule has 4 nitrogen and oxygen atoms in total. The molecule has 0 aromatic heterocycles. The van der Waals surface area contributed by atoms with E-state index in [-0.39, 0.29) is 29.1 Å². The lowest BCUT2D eigenvalue weighted by atomic mass is 10.0. The number of carboxylic acid groups (broad SMARTS) is 1. The predicted molar refractivity (Wildman–Crippen MR) is 70.2 cm³/mol. The average Bonchev–Trinajstić information content (AvgIpc) is 2.62. The van der Waals surface area contributed by atoms with Crippen molar-refractivity contribution in [2.75, 3.05) is 6.54 Å². The molecule has 1 saturated carbocycles. The summed E-state index contributed by atoms with van der Waals surface area (Å²) < 4.78 is 0. The van der Waals surface area contributed by atoms with Crippen LogP contribution >= 0.6 is 0 Å². The highest BCUT2D eigenvalue weighted by Gasteiger charge is 2.68. The van der Waals surface area contributed by atoms with Crippen molar-refractivity contribution in [3.8, 4) is 0 Å². The minimum Gasteiger partial charge on any atom is -0.481 e. The largest absolute Gasteiger partial charge is 0.481 e. The fourth-order valence-corrected chi connectivity index (χ4v) is 2.74. The first kappa shape index (κ1) is 15.0. The van der Waals surface area contributed by atoms with E-state index in [4.69, 9.17) is 5.11 Å². The summed E-state index contributed by atoms with van der Waals surface area (Å²) in [5.41, 5.74) is 0.167. The maximum absolute atomic E-state index is 12.0. The van der Waals surface area contributed by atoms with Crippen molar-refractivity contribution in [1.29, 1.82) is 0 Å². The van der Waals surface area contributed by atoms with Crippen molar-refractivity contribution in [2.45, 2.75) is 53.4 Å². The highest BCUT2D eigenvalue weighted by atomic mass is 16.4. The van der Waals surface area contributed by atoms with Gasteiger partial charge in [-0.25, -0.2) is 0 Å². The van der Waals surface area contributed by atoms with Crippen LogP contribution in [0.15, 0.2) is 0 Å². The van der Waals surface area contributed by atoms with Crippen molar-refractivity contribution in [3.05, 3.63) is 0 Å². The molecule has 0 bridgehead atoms. The van der Waals surface area contributed by atoms with Gasteiger partial charge in [0, 0.05) is 18.9 Å². The molecule has 2 N–H and O–H groups in total. The Morgan fingerprint density at radius 3 is 2.06 bits per heavy atom. The Bertz CT molecular complexity index is 320. The molecule has 1 aliphatic carbocycles. The van der Waals surface area contributed by atoms with Crippen LogP contribution in [0, 0.1) is 16.7 Å². The molecule has 4 heteroatoms. The summed E-state index contributed by atoms with van der Waals surface area (Å²) in [7, 11) is 0. The van der Waals surface area contributed by atoms with Crippen molar-refractivity contribution >= 4 is 11.9 Å². The number of hydrogen-bond acceptors (Lipinski definition) is 2. The van der Waals surface area contributed by atoms with E-state index < -0.39 is 5.97 Å². The summed E-state index contributed by atoms with van der Waals surface area (Å²) in [6, 6.07) is 0. The Kier molecular flexibility index (Phi) is 4.41. The van der Waals surface area contributed by atoms with Crippen LogP contribution in [0.2, 0.25) is 0 Å². The zero-order chi connectivity index (χ0) is 14.0. The highest BCUT2D eigenvalue weighted by Crippen LogP contribution is 2.68. The molecule has 0 atom stereocenters. The molecular formula is C14H25NO3. The zero-order valence-corrected chi connectivity index (χ0v) is 11.9. The van der Waals surface area contributed by atoms with Gasteiger partial charge in [0.05, 0.1) is 0 Å². The summed E-state index contributed by atoms with van der Waals surface area (Å²) in [5, 5.41) is 11.4. The van der Waals surface area contributed by atoms with Gasteiger partial charge in [-0.1, -0.05) is 34.1 Å². The fraction of sp³-hybridized carbons (Fsp3) is 0.857. The van der Waals surface area contributed by atoms with Crippen LogP contribution in [-0.2, 0) is 9.59 Å². The van der Waals surface area contributed by atoms with Gasteiger partial charge >= 0.3 is 5.97 Å². The maximum Gasteiger partial charge on any atom is 0.303 e. The number of amides is 1. The number of hydrogen-bond donors (Lipinski definition) is 2. The van der Waals surface area contributed by atoms with Crippen LogP contribution < -0.4 is 5.32 Å². The molecule has 104 valence electrons. The van der Waals surface area contributed by atoms with Gasteiger partial charge in [-0.05, 0) is 23.7 Å². The van der Waals surface area contributed by atoms with Gasteiger partial charge in [0.2, 0.25) is 5.91 Å². The van der Waals surface area contributed by atoms with Crippen LogP contribution in [0.3, 0.4) is 0 Å². The number of carbonyl (C=O) groups is 2. The lowest BCUT2D eigenvalue weighted by molar-refractivity contribution is -0.137. The van der Waals surface area contributed by atoms with Crippen LogP contribution in [-0.4, -0.2) is 23.5 Å². The van der Waals surface area contributed by atoms with Gasteiger partial charge in [-0.2, -0.15) is 0 Å². The van der Waals surface area contributed by atoms with Gasteiger partial charge < -0.3 is 10.4 Å². The topological polar surface area (TPSA) is 66.4 Å². The summed E-state index contributed by atoms with van der Waals surface area (Å²) >= 11 is 0. The molecule has 1 amide bonds. The smallest absolute Gasteiger partial charge is 0.303 e. The van der Waals surface area contributed by atoms with Crippen molar-refractivity contribution in [3.63, 3.8) is 0 Å². The van der Waals surface area contributed by atoms with Gasteiger partial charge in [-0.15, -0.1) is 0 Å². The third-order valence-electron chi connectivity index (χ3n) is 4.65. The molecule has 0 radical (unpaired) electrons. The predicted octanol–water partition coefficient (Wildman–Crippen LogP) is 2.43. The van der Waals surface area contributed by atoms with E-state index in [1.54, 1.807) is 0 Å². The van der Waals surface area contributed by atoms with Crippen LogP contribution in [0.5, 0.6) is 0 Å². The molecule has 0 heterocycles. The molecule has 0 aliphatic heterocycles. The summed E-state index contributed by atoms with van der Waals surface area (Å²) in [6.45, 7) is 9.17. The molecule has 0 unspecified atom stereocenters. The van der Waals surface area contributed by atoms with E-state index >= 15 is 0 Å². The molecule has 0 saturated heterocycles. The van der Waals surface area contributed by atoms with Crippen molar-refractivity contribution in [1.82, 2.24) is 5.32 Å². The molecule has 0 aromatic carbocycles. The van der Waals surface area contributed by atoms with Gasteiger partial charge in [0.25, 0.3) is 0 Å². The Morgan fingerprint density at radius 1 is 1.06 bits per heavy atom. The van der Waals surface area contributed by atoms with E-state index in [1.165, 1.54) is 0 Å². The van der Waals surface area contributed by atoms with Crippen LogP contribution in [0.4, 0.5) is 0 Å². The minimum absolute atomic E-state index is 0.0837. The lowest BCUT2D eigenvalue weighted by Gasteiger charge is -2.06. The van der Waals surface area contributed by atoms with Gasteiger partial charge in [0.1, 0.15) is 0 Å². The van der Waals surface area contributed by atoms with Crippen molar-refractivity contribution in [2.24, 2.45) is 16.7 Å². The number of aliphatic carboxylic acids is 1. The second-order valence-electron chi connectivity index (χ2n) is 6.37. The Balaban J connectivity index is 2.14. The number of carbonyl (C=O) groups excluding carboxylic acids is 1. The lowest BCUT2D eigenvalue weighted by Crippen LogP contribution is -2.28. The Labute approximate surface area is 109 Å². The van der Waals surface area contributed by atoms with Crippen molar-refractivity contribution < 1.29 is 14.7 Å². The molecule has 0 spiro atoms. The Morgan fingerprint density at radius 2 is 1.61 bits per heavy atom. The second kappa shape index (κ2) is 5.29. The van der Waals surface area contributed by atoms with Crippen LogP contribution in [0.25, 0.3) is 0 Å². The molecule has 1 rings (SSSR count). The van der Waals surface area contributed by atoms with Gasteiger partial charge in [-0.3, -0.25) is 9.59 Å². The monoisotopic (exact) mass is 255 g/mol. The van der Waals surface area contributed by atoms with E-state index in [0.717, 1.165) is 12.8 Å². The molecule has 18 heavy (non-hydrogen) atoms. The fourth-order valence-electron chi connectivity index (χ4n) is 2.74. The number of carboxylic acids is 1. The quantitative estimate of drug-likeness (QED) is 0.687. The maximum atomic E-state index is 12.0. The first-order valence-electron chi connectivity index (χ1n) is 6.70. The normalized spacial score (nSPS) is 20.4. The SMILES string of the molecule is CC1(C)C(C(=O)NCCCCCC(=O)O)C1(C)C. The second-order valence-corrected chi connectivity index (χ2v) is 6.37. The number of rotatable bonds is 7. The van der Waals surface area contributed by atoms with E-state index in [0.29, 0.717) is 13.0 Å². The molecule has 0 aromatic rings. The average molecular weight is 255 g/mol. The first-order chi connectivity index (χ1) is 8.21. The summed E-state index contributed by atoms with van der Waals surface area (Å²) in [6.07, 6.45) is 2.61. The third kappa shape index (κ3) is 3.03. The molecule has 1 aliphatic rings. The number of nitrogens with one attached hydrogen (secondary N) is 1. The van der Waals surface area contributed by atoms with E-state index in [2.05, 4.69) is 33.0 Å². The summed E-state index contributed by atoms with van der Waals surface area (Å²) in [5.74, 6) is -0.507. The zero-order valence-electron chi connectivity index (χ0n) is 11.9. The number of unbranched alkanes of at least 4 members (excludes halogenated alkanes) is 2. The molecule has 1 fully saturated rings. The standard InChI is InChI=1S/C14H25NO3/c1-13(2)11(14(13,3)4)12(18)15-9-7-5-6-8-10(16)17/h11H,5-9H2,1-4H3,(H,15,18)(H,16,17). The third-order valence-corrected chi connectivity index (χ3v) is 4.65. The van der Waals surface area contributed by atoms with Gasteiger partial charge in [0.15, 0.2) is 0 Å². The highest BCUT2D eigenvalue weighted by molar-refractivity contribution is 5.84. The van der Waals surface area contributed by atoms with E-state index in [9.17, 15) is 9.59 Å². The Hall–Kier alpha value is -1.06. The van der Waals surface area contributed by atoms with Crippen LogP contribution in [0.1, 0.15) is 53.4 Å².